The lowest BCUT2D eigenvalue weighted by atomic mass is 9.98. The second-order valence-electron chi connectivity index (χ2n) is 7.75. The Labute approximate surface area is 183 Å². The third-order valence-electron chi connectivity index (χ3n) is 5.72. The summed E-state index contributed by atoms with van der Waals surface area (Å²) < 4.78 is 8.17. The number of benzene rings is 3. The minimum Gasteiger partial charge on any atom is -0.379 e. The average molecular weight is 415 g/mol. The van der Waals surface area contributed by atoms with E-state index in [4.69, 9.17) is 4.74 Å². The van der Waals surface area contributed by atoms with E-state index in [-0.39, 0.29) is 6.17 Å². The molecule has 0 amide bonds. The minimum absolute atomic E-state index is 0.166. The van der Waals surface area contributed by atoms with Crippen LogP contribution in [0.3, 0.4) is 0 Å². The number of hydrogen-bond donors (Lipinski definition) is 0. The van der Waals surface area contributed by atoms with Crippen LogP contribution in [-0.2, 0) is 4.74 Å². The van der Waals surface area contributed by atoms with Gasteiger partial charge >= 0.3 is 0 Å². The molecule has 5 rings (SSSR count). The molecule has 3 nitrogen and oxygen atoms in total. The number of nitrogens with zero attached hydrogens (tertiary/aromatic N) is 2. The zero-order valence-electron chi connectivity index (χ0n) is 17.2. The molecule has 30 heavy (non-hydrogen) atoms. The molecule has 1 atom stereocenters. The number of anilines is 1. The molecule has 0 aliphatic carbocycles. The standard InChI is InChI=1S/C26H26N2OS/c1-20-12-14-23(15-13-20)28-26(27-16-18-29-19-17-27)24(21-8-4-2-5-9-21)25(30-28)22-10-6-3-7-11-22/h2-15,26H,16-19H2,1H3. The summed E-state index contributed by atoms with van der Waals surface area (Å²) in [4.78, 5) is 3.90. The van der Waals surface area contributed by atoms with Crippen molar-refractivity contribution < 1.29 is 4.74 Å². The summed E-state index contributed by atoms with van der Waals surface area (Å²) in [6.07, 6.45) is 0.166. The van der Waals surface area contributed by atoms with Crippen molar-refractivity contribution in [3.05, 3.63) is 102 Å². The van der Waals surface area contributed by atoms with Gasteiger partial charge in [0.2, 0.25) is 0 Å². The van der Waals surface area contributed by atoms with E-state index in [1.807, 2.05) is 11.9 Å². The highest BCUT2D eigenvalue weighted by molar-refractivity contribution is 8.10. The van der Waals surface area contributed by atoms with Crippen LogP contribution >= 0.6 is 11.9 Å². The summed E-state index contributed by atoms with van der Waals surface area (Å²) in [6, 6.07) is 30.5. The summed E-state index contributed by atoms with van der Waals surface area (Å²) in [6.45, 7) is 5.58. The van der Waals surface area contributed by atoms with Gasteiger partial charge in [0.05, 0.1) is 13.2 Å². The van der Waals surface area contributed by atoms with Gasteiger partial charge in [-0.1, -0.05) is 78.4 Å². The van der Waals surface area contributed by atoms with Gasteiger partial charge in [-0.2, -0.15) is 0 Å². The molecule has 0 bridgehead atoms. The fourth-order valence-corrected chi connectivity index (χ4v) is 5.49. The van der Waals surface area contributed by atoms with Crippen molar-refractivity contribution in [1.29, 1.82) is 0 Å². The van der Waals surface area contributed by atoms with E-state index in [1.165, 1.54) is 32.9 Å². The van der Waals surface area contributed by atoms with E-state index < -0.39 is 0 Å². The second-order valence-corrected chi connectivity index (χ2v) is 8.73. The fraction of sp³-hybridized carbons (Fsp3) is 0.231. The molecule has 152 valence electrons. The van der Waals surface area contributed by atoms with Crippen LogP contribution in [0, 0.1) is 6.92 Å². The zero-order chi connectivity index (χ0) is 20.3. The monoisotopic (exact) mass is 414 g/mol. The van der Waals surface area contributed by atoms with Gasteiger partial charge < -0.3 is 4.74 Å². The predicted octanol–water partition coefficient (Wildman–Crippen LogP) is 5.69. The Morgan fingerprint density at radius 1 is 0.767 bits per heavy atom. The molecular formula is C26H26N2OS. The molecule has 1 unspecified atom stereocenters. The molecule has 0 aromatic heterocycles. The Bertz CT molecular complexity index is 1010. The van der Waals surface area contributed by atoms with E-state index in [0.717, 1.165) is 26.3 Å². The largest absolute Gasteiger partial charge is 0.379 e. The first-order chi connectivity index (χ1) is 14.8. The van der Waals surface area contributed by atoms with E-state index in [1.54, 1.807) is 0 Å². The fourth-order valence-electron chi connectivity index (χ4n) is 4.17. The van der Waals surface area contributed by atoms with Crippen LogP contribution in [-0.4, -0.2) is 37.4 Å². The Kier molecular flexibility index (Phi) is 5.63. The van der Waals surface area contributed by atoms with Crippen molar-refractivity contribution in [3.63, 3.8) is 0 Å². The summed E-state index contributed by atoms with van der Waals surface area (Å²) in [5, 5.41) is 0. The smallest absolute Gasteiger partial charge is 0.121 e. The van der Waals surface area contributed by atoms with Crippen LogP contribution < -0.4 is 4.31 Å². The summed E-state index contributed by atoms with van der Waals surface area (Å²) in [5.41, 5.74) is 6.46. The molecule has 2 aliphatic heterocycles. The van der Waals surface area contributed by atoms with Gasteiger partial charge in [-0.25, -0.2) is 0 Å². The third-order valence-corrected chi connectivity index (χ3v) is 6.96. The van der Waals surface area contributed by atoms with E-state index >= 15 is 0 Å². The molecule has 0 radical (unpaired) electrons. The Balaban J connectivity index is 1.67. The normalized spacial score (nSPS) is 20.0. The third kappa shape index (κ3) is 3.79. The first-order valence-corrected chi connectivity index (χ1v) is 11.3. The lowest BCUT2D eigenvalue weighted by Gasteiger charge is -2.39. The van der Waals surface area contributed by atoms with Crippen LogP contribution in [0.5, 0.6) is 0 Å². The van der Waals surface area contributed by atoms with Gasteiger partial charge in [0.15, 0.2) is 0 Å². The van der Waals surface area contributed by atoms with Gasteiger partial charge in [-0.05, 0) is 42.1 Å². The molecule has 0 N–H and O–H groups in total. The van der Waals surface area contributed by atoms with Gasteiger partial charge in [0.1, 0.15) is 6.17 Å². The maximum absolute atomic E-state index is 5.69. The number of rotatable bonds is 4. The molecule has 1 fully saturated rings. The maximum atomic E-state index is 5.69. The topological polar surface area (TPSA) is 15.7 Å². The second kappa shape index (κ2) is 8.68. The Hall–Kier alpha value is -2.53. The quantitative estimate of drug-likeness (QED) is 0.510. The summed E-state index contributed by atoms with van der Waals surface area (Å²) in [5.74, 6) is 0. The van der Waals surface area contributed by atoms with Gasteiger partial charge in [0.25, 0.3) is 0 Å². The Morgan fingerprint density at radius 2 is 1.37 bits per heavy atom. The lowest BCUT2D eigenvalue weighted by molar-refractivity contribution is 0.0299. The number of aryl methyl sites for hydroxylation is 1. The molecule has 2 aliphatic rings. The van der Waals surface area contributed by atoms with Gasteiger partial charge in [-0.3, -0.25) is 9.21 Å². The highest BCUT2D eigenvalue weighted by atomic mass is 32.2. The van der Waals surface area contributed by atoms with Gasteiger partial charge in [-0.15, -0.1) is 0 Å². The van der Waals surface area contributed by atoms with E-state index in [2.05, 4.69) is 101 Å². The van der Waals surface area contributed by atoms with Crippen molar-refractivity contribution in [2.45, 2.75) is 13.1 Å². The molecule has 1 saturated heterocycles. The van der Waals surface area contributed by atoms with Crippen LogP contribution in [0.4, 0.5) is 5.69 Å². The van der Waals surface area contributed by atoms with Crippen molar-refractivity contribution in [1.82, 2.24) is 4.90 Å². The van der Waals surface area contributed by atoms with Crippen LogP contribution in [0.25, 0.3) is 10.5 Å². The highest BCUT2D eigenvalue weighted by Gasteiger charge is 2.39. The zero-order valence-corrected chi connectivity index (χ0v) is 18.0. The minimum atomic E-state index is 0.166. The van der Waals surface area contributed by atoms with Crippen molar-refractivity contribution in [2.75, 3.05) is 30.6 Å². The van der Waals surface area contributed by atoms with E-state index in [0.29, 0.717) is 0 Å². The number of morpholine rings is 1. The van der Waals surface area contributed by atoms with Crippen LogP contribution in [0.2, 0.25) is 0 Å². The molecule has 4 heteroatoms. The first kappa shape index (κ1) is 19.4. The van der Waals surface area contributed by atoms with Crippen molar-refractivity contribution >= 4 is 28.1 Å². The molecule has 3 aromatic carbocycles. The van der Waals surface area contributed by atoms with E-state index in [9.17, 15) is 0 Å². The number of ether oxygens (including phenoxy) is 1. The predicted molar refractivity (Wildman–Crippen MR) is 127 cm³/mol. The van der Waals surface area contributed by atoms with Crippen LogP contribution in [0.1, 0.15) is 16.7 Å². The molecule has 0 saturated carbocycles. The lowest BCUT2D eigenvalue weighted by Crippen LogP contribution is -2.49. The van der Waals surface area contributed by atoms with Crippen molar-refractivity contribution in [2.24, 2.45) is 0 Å². The Morgan fingerprint density at radius 3 is 2.00 bits per heavy atom. The van der Waals surface area contributed by atoms with Crippen LogP contribution in [0.15, 0.2) is 84.9 Å². The first-order valence-electron chi connectivity index (χ1n) is 10.5. The molecule has 3 aromatic rings. The SMILES string of the molecule is Cc1ccc(N2SC(c3ccccc3)=C(c3ccccc3)C2N2CCOCC2)cc1. The van der Waals surface area contributed by atoms with Gasteiger partial charge in [0, 0.05) is 29.3 Å². The molecule has 2 heterocycles. The highest BCUT2D eigenvalue weighted by Crippen LogP contribution is 2.51. The maximum Gasteiger partial charge on any atom is 0.121 e. The number of hydrogen-bond acceptors (Lipinski definition) is 4. The average Bonchev–Trinajstić information content (AvgIpc) is 3.22. The molecule has 0 spiro atoms. The van der Waals surface area contributed by atoms with Crippen molar-refractivity contribution in [3.8, 4) is 0 Å². The molecular weight excluding hydrogens is 388 g/mol. The summed E-state index contributed by atoms with van der Waals surface area (Å²) >= 11 is 1.86. The summed E-state index contributed by atoms with van der Waals surface area (Å²) in [7, 11) is 0.